The van der Waals surface area contributed by atoms with Crippen molar-refractivity contribution < 1.29 is 14.6 Å². The lowest BCUT2D eigenvalue weighted by Crippen LogP contribution is -2.53. The van der Waals surface area contributed by atoms with Crippen LogP contribution in [0.15, 0.2) is 60.8 Å². The average Bonchev–Trinajstić information content (AvgIpc) is 2.43. The topological polar surface area (TPSA) is 47.6 Å². The van der Waals surface area contributed by atoms with E-state index in [1.807, 2.05) is 24.3 Å². The Bertz CT molecular complexity index is 603. The molecule has 4 heteroatoms. The number of hydrogen-bond acceptors (Lipinski definition) is 4. The van der Waals surface area contributed by atoms with Gasteiger partial charge in [-0.2, -0.15) is 4.89 Å². The molecule has 1 spiro atoms. The van der Waals surface area contributed by atoms with E-state index in [2.05, 4.69) is 23.4 Å². The molecule has 0 amide bonds. The third-order valence-electron chi connectivity index (χ3n) is 3.18. The Morgan fingerprint density at radius 1 is 1.22 bits per heavy atom. The van der Waals surface area contributed by atoms with Crippen LogP contribution < -0.4 is 5.32 Å². The highest BCUT2D eigenvalue weighted by atomic mass is 17.3. The predicted octanol–water partition coefficient (Wildman–Crippen LogP) is 2.42. The number of fused-ring (bicyclic) bond motifs is 2. The van der Waals surface area contributed by atoms with Crippen molar-refractivity contribution in [3.63, 3.8) is 0 Å². The Morgan fingerprint density at radius 2 is 2.00 bits per heavy atom. The van der Waals surface area contributed by atoms with Gasteiger partial charge in [0, 0.05) is 22.5 Å². The molecule has 90 valence electrons. The summed E-state index contributed by atoms with van der Waals surface area (Å²) in [6.45, 7) is 7.46. The summed E-state index contributed by atoms with van der Waals surface area (Å²) in [6.07, 6.45) is 3.21. The first kappa shape index (κ1) is 10.8. The second kappa shape index (κ2) is 3.58. The Morgan fingerprint density at radius 3 is 2.56 bits per heavy atom. The van der Waals surface area contributed by atoms with E-state index in [1.54, 1.807) is 12.2 Å². The molecule has 0 aromatic heterocycles. The van der Waals surface area contributed by atoms with Crippen LogP contribution in [0.3, 0.4) is 0 Å². The number of benzene rings is 1. The first-order chi connectivity index (χ1) is 8.74. The number of nitrogens with one attached hydrogen (secondary N) is 1. The summed E-state index contributed by atoms with van der Waals surface area (Å²) < 4.78 is 0. The minimum absolute atomic E-state index is 0.439. The lowest BCUT2D eigenvalue weighted by molar-refractivity contribution is -0.396. The van der Waals surface area contributed by atoms with Gasteiger partial charge in [0.25, 0.3) is 5.60 Å². The number of para-hydroxylation sites is 1. The van der Waals surface area contributed by atoms with Gasteiger partial charge in [-0.3, -0.25) is 4.89 Å². The third-order valence-corrected chi connectivity index (χ3v) is 3.18. The van der Waals surface area contributed by atoms with Crippen LogP contribution in [-0.2, 0) is 20.2 Å². The molecule has 1 aromatic rings. The number of anilines is 1. The zero-order valence-electron chi connectivity index (χ0n) is 9.60. The molecule has 1 saturated heterocycles. The van der Waals surface area contributed by atoms with Crippen molar-refractivity contribution in [2.24, 2.45) is 0 Å². The normalized spacial score (nSPS) is 24.8. The van der Waals surface area contributed by atoms with Crippen molar-refractivity contribution in [2.75, 3.05) is 5.32 Å². The maximum Gasteiger partial charge on any atom is 0.387 e. The molecule has 1 aromatic carbocycles. The fraction of sp³-hybridized carbons (Fsp3) is 0.0714. The van der Waals surface area contributed by atoms with E-state index in [1.165, 1.54) is 0 Å². The Balaban J connectivity index is 2.31. The van der Waals surface area contributed by atoms with Crippen LogP contribution in [0.1, 0.15) is 5.56 Å². The molecule has 0 bridgehead atoms. The van der Waals surface area contributed by atoms with Gasteiger partial charge in [-0.25, -0.2) is 4.79 Å². The van der Waals surface area contributed by atoms with E-state index >= 15 is 0 Å². The molecule has 1 fully saturated rings. The summed E-state index contributed by atoms with van der Waals surface area (Å²) in [4.78, 5) is 21.6. The van der Waals surface area contributed by atoms with E-state index in [0.29, 0.717) is 11.3 Å². The highest BCUT2D eigenvalue weighted by Gasteiger charge is 2.59. The minimum Gasteiger partial charge on any atom is -0.355 e. The number of carbonyl (C=O) groups is 1. The van der Waals surface area contributed by atoms with E-state index in [9.17, 15) is 4.79 Å². The molecule has 2 aliphatic heterocycles. The van der Waals surface area contributed by atoms with Crippen molar-refractivity contribution >= 4 is 11.7 Å². The molecule has 0 aliphatic carbocycles. The molecule has 2 aliphatic rings. The smallest absolute Gasteiger partial charge is 0.355 e. The van der Waals surface area contributed by atoms with Crippen LogP contribution in [0, 0.1) is 0 Å². The van der Waals surface area contributed by atoms with Crippen molar-refractivity contribution in [1.82, 2.24) is 0 Å². The monoisotopic (exact) mass is 241 g/mol. The summed E-state index contributed by atoms with van der Waals surface area (Å²) >= 11 is 0. The minimum atomic E-state index is -1.20. The van der Waals surface area contributed by atoms with E-state index in [0.717, 1.165) is 11.3 Å². The highest BCUT2D eigenvalue weighted by Crippen LogP contribution is 2.49. The quantitative estimate of drug-likeness (QED) is 0.808. The lowest BCUT2D eigenvalue weighted by atomic mass is 9.80. The van der Waals surface area contributed by atoms with E-state index in [-0.39, 0.29) is 0 Å². The van der Waals surface area contributed by atoms with Gasteiger partial charge >= 0.3 is 5.97 Å². The molecule has 1 N–H and O–H groups in total. The molecule has 0 radical (unpaired) electrons. The number of allylic oxidation sites excluding steroid dienone is 1. The van der Waals surface area contributed by atoms with Gasteiger partial charge in [-0.05, 0) is 12.1 Å². The Hall–Kier alpha value is -2.33. The second-order valence-electron chi connectivity index (χ2n) is 4.04. The summed E-state index contributed by atoms with van der Waals surface area (Å²) in [5.41, 5.74) is 1.64. The highest BCUT2D eigenvalue weighted by molar-refractivity contribution is 5.93. The molecule has 0 saturated carbocycles. The van der Waals surface area contributed by atoms with Gasteiger partial charge in [-0.15, -0.1) is 0 Å². The van der Waals surface area contributed by atoms with Gasteiger partial charge in [0.15, 0.2) is 0 Å². The predicted molar refractivity (Wildman–Crippen MR) is 66.3 cm³/mol. The SMILES string of the molecule is C=CC1=C(C=C)C2(OOC2=O)c2ccccc2N1. The summed E-state index contributed by atoms with van der Waals surface area (Å²) in [7, 11) is 0. The van der Waals surface area contributed by atoms with Gasteiger partial charge < -0.3 is 5.32 Å². The van der Waals surface area contributed by atoms with Gasteiger partial charge in [-0.1, -0.05) is 37.4 Å². The first-order valence-electron chi connectivity index (χ1n) is 5.50. The fourth-order valence-corrected chi connectivity index (χ4v) is 2.33. The Kier molecular flexibility index (Phi) is 2.15. The fourth-order valence-electron chi connectivity index (χ4n) is 2.33. The molecular formula is C14H11NO3. The van der Waals surface area contributed by atoms with E-state index in [4.69, 9.17) is 4.89 Å². The zero-order valence-corrected chi connectivity index (χ0v) is 9.60. The lowest BCUT2D eigenvalue weighted by Gasteiger charge is -2.42. The maximum absolute atomic E-state index is 11.9. The zero-order chi connectivity index (χ0) is 12.8. The summed E-state index contributed by atoms with van der Waals surface area (Å²) in [5, 5.41) is 3.19. The van der Waals surface area contributed by atoms with Crippen molar-refractivity contribution in [1.29, 1.82) is 0 Å². The van der Waals surface area contributed by atoms with Crippen molar-refractivity contribution in [3.8, 4) is 0 Å². The summed E-state index contributed by atoms with van der Waals surface area (Å²) in [5.74, 6) is -0.439. The molecule has 3 rings (SSSR count). The number of carbonyl (C=O) groups excluding carboxylic acids is 1. The average molecular weight is 241 g/mol. The standard InChI is InChI=1S/C14H11NO3/c1-3-9-11(4-2)15-12-8-6-5-7-10(12)14(9)13(16)17-18-14/h3-8,15H,1-2H2. The summed E-state index contributed by atoms with van der Waals surface area (Å²) in [6, 6.07) is 7.42. The van der Waals surface area contributed by atoms with Gasteiger partial charge in [0.05, 0.1) is 0 Å². The molecular weight excluding hydrogens is 230 g/mol. The van der Waals surface area contributed by atoms with Crippen LogP contribution in [0.25, 0.3) is 0 Å². The van der Waals surface area contributed by atoms with Crippen LogP contribution >= 0.6 is 0 Å². The first-order valence-corrected chi connectivity index (χ1v) is 5.50. The van der Waals surface area contributed by atoms with Crippen LogP contribution in [0.5, 0.6) is 0 Å². The Labute approximate surface area is 104 Å². The van der Waals surface area contributed by atoms with Crippen LogP contribution in [0.2, 0.25) is 0 Å². The van der Waals surface area contributed by atoms with Crippen LogP contribution in [0.4, 0.5) is 5.69 Å². The van der Waals surface area contributed by atoms with Crippen LogP contribution in [-0.4, -0.2) is 5.97 Å². The van der Waals surface area contributed by atoms with Gasteiger partial charge in [0.1, 0.15) is 0 Å². The number of rotatable bonds is 2. The molecule has 18 heavy (non-hydrogen) atoms. The molecule has 2 heterocycles. The van der Waals surface area contributed by atoms with Gasteiger partial charge in [0.2, 0.25) is 0 Å². The molecule has 1 unspecified atom stereocenters. The second-order valence-corrected chi connectivity index (χ2v) is 4.04. The maximum atomic E-state index is 11.9. The van der Waals surface area contributed by atoms with Crippen molar-refractivity contribution in [2.45, 2.75) is 5.60 Å². The molecule has 1 atom stereocenters. The third kappa shape index (κ3) is 1.10. The van der Waals surface area contributed by atoms with E-state index < -0.39 is 11.6 Å². The number of hydrogen-bond donors (Lipinski definition) is 1. The van der Waals surface area contributed by atoms with Crippen molar-refractivity contribution in [3.05, 3.63) is 66.4 Å². The molecule has 4 nitrogen and oxygen atoms in total. The largest absolute Gasteiger partial charge is 0.387 e.